The summed E-state index contributed by atoms with van der Waals surface area (Å²) in [6.07, 6.45) is 6.64. The largest absolute Gasteiger partial charge is 0.491 e. The van der Waals surface area contributed by atoms with Gasteiger partial charge in [-0.15, -0.1) is 0 Å². The van der Waals surface area contributed by atoms with E-state index in [1.54, 1.807) is 18.1 Å². The fourth-order valence-corrected chi connectivity index (χ4v) is 5.25. The van der Waals surface area contributed by atoms with E-state index in [9.17, 15) is 9.59 Å². The van der Waals surface area contributed by atoms with Crippen LogP contribution >= 0.6 is 0 Å². The fraction of sp³-hybridized carbons (Fsp3) is 0.704. The summed E-state index contributed by atoms with van der Waals surface area (Å²) in [5.41, 5.74) is 1.13. The molecule has 0 radical (unpaired) electrons. The standard InChI is InChI=1S/C27H41N3O4/c1-18-14-30(15-20-9-10-20)19(2)17-34-24-12-11-22(28-26(31)21-7-5-6-8-21)13-23(24)27(32)29(3)16-25(18)33-4/h11-13,18-21,25H,5-10,14-17H2,1-4H3,(H,28,31)/t18-,19+,25+/m0/s1. The van der Waals surface area contributed by atoms with Crippen molar-refractivity contribution < 1.29 is 19.1 Å². The van der Waals surface area contributed by atoms with Crippen LogP contribution in [0.2, 0.25) is 0 Å². The second-order valence-corrected chi connectivity index (χ2v) is 10.7. The highest BCUT2D eigenvalue weighted by atomic mass is 16.5. The van der Waals surface area contributed by atoms with Gasteiger partial charge in [0.2, 0.25) is 5.91 Å². The molecule has 0 saturated heterocycles. The molecule has 34 heavy (non-hydrogen) atoms. The molecule has 1 N–H and O–H groups in total. The Hall–Kier alpha value is -2.12. The van der Waals surface area contributed by atoms with Gasteiger partial charge in [-0.25, -0.2) is 0 Å². The van der Waals surface area contributed by atoms with Crippen LogP contribution in [0.15, 0.2) is 18.2 Å². The lowest BCUT2D eigenvalue weighted by molar-refractivity contribution is -0.119. The van der Waals surface area contributed by atoms with Crippen molar-refractivity contribution in [2.45, 2.75) is 64.5 Å². The Morgan fingerprint density at radius 1 is 1.15 bits per heavy atom. The molecular weight excluding hydrogens is 430 g/mol. The number of ether oxygens (including phenoxy) is 2. The molecule has 7 heteroatoms. The van der Waals surface area contributed by atoms with E-state index in [0.29, 0.717) is 30.2 Å². The third-order valence-corrected chi connectivity index (χ3v) is 7.76. The van der Waals surface area contributed by atoms with Gasteiger partial charge >= 0.3 is 0 Å². The van der Waals surface area contributed by atoms with Crippen molar-refractivity contribution in [1.82, 2.24) is 9.80 Å². The molecule has 7 nitrogen and oxygen atoms in total. The third-order valence-electron chi connectivity index (χ3n) is 7.76. The lowest BCUT2D eigenvalue weighted by atomic mass is 10.0. The average Bonchev–Trinajstić information content (AvgIpc) is 3.47. The zero-order valence-electron chi connectivity index (χ0n) is 21.2. The van der Waals surface area contributed by atoms with Crippen molar-refractivity contribution >= 4 is 17.5 Å². The number of carbonyl (C=O) groups excluding carboxylic acids is 2. The second-order valence-electron chi connectivity index (χ2n) is 10.7. The van der Waals surface area contributed by atoms with Crippen LogP contribution in [0.3, 0.4) is 0 Å². The number of hydrogen-bond donors (Lipinski definition) is 1. The van der Waals surface area contributed by atoms with Crippen molar-refractivity contribution in [3.63, 3.8) is 0 Å². The minimum atomic E-state index is -0.121. The number of nitrogens with zero attached hydrogens (tertiary/aromatic N) is 2. The summed E-state index contributed by atoms with van der Waals surface area (Å²) in [5.74, 6) is 1.62. The van der Waals surface area contributed by atoms with Crippen molar-refractivity contribution in [1.29, 1.82) is 0 Å². The number of anilines is 1. The number of fused-ring (bicyclic) bond motifs is 1. The minimum Gasteiger partial charge on any atom is -0.491 e. The Balaban J connectivity index is 1.58. The Labute approximate surface area is 204 Å². The summed E-state index contributed by atoms with van der Waals surface area (Å²) in [5, 5.41) is 3.03. The molecule has 4 rings (SSSR count). The molecule has 2 aliphatic carbocycles. The van der Waals surface area contributed by atoms with Crippen molar-refractivity contribution in [3.8, 4) is 5.75 Å². The zero-order valence-corrected chi connectivity index (χ0v) is 21.2. The fourth-order valence-electron chi connectivity index (χ4n) is 5.25. The summed E-state index contributed by atoms with van der Waals surface area (Å²) in [6.45, 7) is 7.41. The molecule has 3 atom stereocenters. The molecule has 2 fully saturated rings. The van der Waals surface area contributed by atoms with E-state index >= 15 is 0 Å². The van der Waals surface area contributed by atoms with E-state index in [-0.39, 0.29) is 35.8 Å². The van der Waals surface area contributed by atoms with Gasteiger partial charge in [0.25, 0.3) is 5.91 Å². The van der Waals surface area contributed by atoms with E-state index in [1.165, 1.54) is 12.8 Å². The van der Waals surface area contributed by atoms with Crippen LogP contribution in [0, 0.1) is 17.8 Å². The van der Waals surface area contributed by atoms with Gasteiger partial charge in [0.15, 0.2) is 0 Å². The maximum Gasteiger partial charge on any atom is 0.257 e. The van der Waals surface area contributed by atoms with Gasteiger partial charge in [0.1, 0.15) is 12.4 Å². The van der Waals surface area contributed by atoms with Crippen LogP contribution in [0.1, 0.15) is 62.7 Å². The van der Waals surface area contributed by atoms with E-state index in [1.807, 2.05) is 19.2 Å². The topological polar surface area (TPSA) is 71.1 Å². The van der Waals surface area contributed by atoms with Gasteiger partial charge in [-0.05, 0) is 62.6 Å². The molecule has 0 spiro atoms. The van der Waals surface area contributed by atoms with E-state index in [4.69, 9.17) is 9.47 Å². The van der Waals surface area contributed by atoms with Gasteiger partial charge in [0, 0.05) is 51.4 Å². The molecule has 1 heterocycles. The number of amides is 2. The Kier molecular flexibility index (Phi) is 8.14. The first-order valence-electron chi connectivity index (χ1n) is 13.0. The number of carbonyl (C=O) groups is 2. The highest BCUT2D eigenvalue weighted by Crippen LogP contribution is 2.32. The van der Waals surface area contributed by atoms with Gasteiger partial charge in [-0.1, -0.05) is 19.8 Å². The Morgan fingerprint density at radius 3 is 2.56 bits per heavy atom. The molecule has 188 valence electrons. The lowest BCUT2D eigenvalue weighted by Gasteiger charge is -2.36. The number of likely N-dealkylation sites (N-methyl/N-ethyl adjacent to an activating group) is 1. The van der Waals surface area contributed by atoms with Crippen LogP contribution in [0.5, 0.6) is 5.75 Å². The molecule has 0 unspecified atom stereocenters. The van der Waals surface area contributed by atoms with Crippen molar-refractivity contribution in [2.75, 3.05) is 45.7 Å². The predicted octanol–water partition coefficient (Wildman–Crippen LogP) is 4.03. The molecule has 0 aromatic heterocycles. The highest BCUT2D eigenvalue weighted by molar-refractivity contribution is 5.99. The van der Waals surface area contributed by atoms with Crippen molar-refractivity contribution in [2.24, 2.45) is 17.8 Å². The first-order valence-corrected chi connectivity index (χ1v) is 13.0. The molecule has 1 aromatic carbocycles. The molecule has 3 aliphatic rings. The molecule has 1 aromatic rings. The number of rotatable bonds is 5. The van der Waals surface area contributed by atoms with Crippen LogP contribution < -0.4 is 10.1 Å². The van der Waals surface area contributed by atoms with Gasteiger partial charge in [-0.3, -0.25) is 14.5 Å². The number of methoxy groups -OCH3 is 1. The molecular formula is C27H41N3O4. The molecule has 1 aliphatic heterocycles. The lowest BCUT2D eigenvalue weighted by Crippen LogP contribution is -2.47. The summed E-state index contributed by atoms with van der Waals surface area (Å²) < 4.78 is 12.1. The van der Waals surface area contributed by atoms with Crippen LogP contribution in [-0.2, 0) is 9.53 Å². The third kappa shape index (κ3) is 6.11. The van der Waals surface area contributed by atoms with Gasteiger partial charge < -0.3 is 19.7 Å². The van der Waals surface area contributed by atoms with Crippen LogP contribution in [0.4, 0.5) is 5.69 Å². The summed E-state index contributed by atoms with van der Waals surface area (Å²) in [4.78, 5) is 30.4. The van der Waals surface area contributed by atoms with E-state index in [0.717, 1.165) is 44.7 Å². The summed E-state index contributed by atoms with van der Waals surface area (Å²) in [7, 11) is 3.54. The van der Waals surface area contributed by atoms with E-state index in [2.05, 4.69) is 24.1 Å². The first-order chi connectivity index (χ1) is 16.4. The predicted molar refractivity (Wildman–Crippen MR) is 133 cm³/mol. The summed E-state index contributed by atoms with van der Waals surface area (Å²) >= 11 is 0. The summed E-state index contributed by atoms with van der Waals surface area (Å²) in [6, 6.07) is 5.66. The average molecular weight is 472 g/mol. The first kappa shape index (κ1) is 25.0. The molecule has 2 amide bonds. The Morgan fingerprint density at radius 2 is 1.88 bits per heavy atom. The maximum absolute atomic E-state index is 13.5. The second kappa shape index (κ2) is 11.1. The maximum atomic E-state index is 13.5. The normalized spacial score (nSPS) is 27.5. The van der Waals surface area contributed by atoms with Crippen molar-refractivity contribution in [3.05, 3.63) is 23.8 Å². The van der Waals surface area contributed by atoms with Crippen LogP contribution in [0.25, 0.3) is 0 Å². The Bertz CT molecular complexity index is 865. The van der Waals surface area contributed by atoms with Gasteiger partial charge in [-0.2, -0.15) is 0 Å². The SMILES string of the molecule is CO[C@@H]1CN(C)C(=O)c2cc(NC(=O)C3CCCC3)ccc2OC[C@@H](C)N(CC2CC2)C[C@@H]1C. The van der Waals surface area contributed by atoms with Crippen LogP contribution in [-0.4, -0.2) is 74.2 Å². The number of benzene rings is 1. The molecule has 0 bridgehead atoms. The monoisotopic (exact) mass is 471 g/mol. The smallest absolute Gasteiger partial charge is 0.257 e. The number of hydrogen-bond acceptors (Lipinski definition) is 5. The van der Waals surface area contributed by atoms with Gasteiger partial charge in [0.05, 0.1) is 11.7 Å². The zero-order chi connectivity index (χ0) is 24.2. The highest BCUT2D eigenvalue weighted by Gasteiger charge is 2.32. The minimum absolute atomic E-state index is 0.0462. The van der Waals surface area contributed by atoms with E-state index < -0.39 is 0 Å². The quantitative estimate of drug-likeness (QED) is 0.702. The number of nitrogens with one attached hydrogen (secondary N) is 1. The molecule has 2 saturated carbocycles.